The first-order chi connectivity index (χ1) is 14.3. The summed E-state index contributed by atoms with van der Waals surface area (Å²) >= 11 is 0. The molecule has 0 radical (unpaired) electrons. The zero-order chi connectivity index (χ0) is 19.9. The molecule has 1 saturated heterocycles. The molecule has 2 aromatic rings. The predicted molar refractivity (Wildman–Crippen MR) is 116 cm³/mol. The maximum absolute atomic E-state index is 12.9. The van der Waals surface area contributed by atoms with Crippen molar-refractivity contribution in [1.82, 2.24) is 10.2 Å². The molecule has 1 heterocycles. The monoisotopic (exact) mass is 396 g/mol. The van der Waals surface area contributed by atoms with Gasteiger partial charge in [0.2, 0.25) is 0 Å². The fraction of sp³-hybridized carbons (Fsp3) is 0.520. The predicted octanol–water partition coefficient (Wildman–Crippen LogP) is 4.59. The van der Waals surface area contributed by atoms with Gasteiger partial charge in [0.1, 0.15) is 11.6 Å². The third-order valence-electron chi connectivity index (χ3n) is 6.23. The maximum atomic E-state index is 12.9. The molecule has 1 atom stereocenters. The van der Waals surface area contributed by atoms with Crippen molar-refractivity contribution in [2.45, 2.75) is 45.1 Å². The lowest BCUT2D eigenvalue weighted by Crippen LogP contribution is -2.30. The number of aryl methyl sites for hydroxylation is 1. The van der Waals surface area contributed by atoms with Crippen LogP contribution in [0.3, 0.4) is 0 Å². The van der Waals surface area contributed by atoms with Gasteiger partial charge in [0, 0.05) is 13.1 Å². The number of hydrogen-bond acceptors (Lipinski definition) is 3. The Morgan fingerprint density at radius 2 is 1.86 bits per heavy atom. The fourth-order valence-electron chi connectivity index (χ4n) is 4.60. The second kappa shape index (κ2) is 10.2. The highest BCUT2D eigenvalue weighted by Crippen LogP contribution is 2.29. The van der Waals surface area contributed by atoms with Crippen LogP contribution in [0.5, 0.6) is 5.75 Å². The standard InChI is InChI=1S/C25H33FN2O/c26-24-9-5-20(6-10-24)18-27-12-3-15-29-25-11-8-22-16-21(4-7-23(22)17-25)19-28-13-1-2-14-28/h5-6,8-11,17,21,27H,1-4,7,12-16,18-19H2. The number of hydrogen-bond donors (Lipinski definition) is 1. The van der Waals surface area contributed by atoms with Gasteiger partial charge in [-0.15, -0.1) is 0 Å². The fourth-order valence-corrected chi connectivity index (χ4v) is 4.60. The van der Waals surface area contributed by atoms with E-state index in [0.29, 0.717) is 6.61 Å². The highest BCUT2D eigenvalue weighted by Gasteiger charge is 2.22. The molecule has 4 rings (SSSR count). The zero-order valence-corrected chi connectivity index (χ0v) is 17.3. The number of likely N-dealkylation sites (tertiary alicyclic amines) is 1. The number of rotatable bonds is 9. The molecule has 0 aromatic heterocycles. The molecule has 2 aromatic carbocycles. The van der Waals surface area contributed by atoms with E-state index in [1.165, 1.54) is 75.0 Å². The van der Waals surface area contributed by atoms with E-state index >= 15 is 0 Å². The van der Waals surface area contributed by atoms with Crippen LogP contribution in [0.2, 0.25) is 0 Å². The number of nitrogens with one attached hydrogen (secondary N) is 1. The molecular weight excluding hydrogens is 363 g/mol. The summed E-state index contributed by atoms with van der Waals surface area (Å²) in [5.74, 6) is 1.63. The van der Waals surface area contributed by atoms with Crippen LogP contribution in [0.25, 0.3) is 0 Å². The first-order valence-electron chi connectivity index (χ1n) is 11.2. The Kier molecular flexibility index (Phi) is 7.18. The molecular formula is C25H33FN2O. The number of halogens is 1. The number of benzene rings is 2. The van der Waals surface area contributed by atoms with Crippen molar-refractivity contribution in [3.05, 3.63) is 65.0 Å². The van der Waals surface area contributed by atoms with Gasteiger partial charge in [-0.1, -0.05) is 18.2 Å². The molecule has 156 valence electrons. The Morgan fingerprint density at radius 1 is 1.03 bits per heavy atom. The van der Waals surface area contributed by atoms with Crippen LogP contribution in [0.1, 0.15) is 42.4 Å². The molecule has 1 aliphatic heterocycles. The van der Waals surface area contributed by atoms with Crippen molar-refractivity contribution in [2.75, 3.05) is 32.8 Å². The number of ether oxygens (including phenoxy) is 1. The lowest BCUT2D eigenvalue weighted by Gasteiger charge is -2.28. The summed E-state index contributed by atoms with van der Waals surface area (Å²) in [7, 11) is 0. The molecule has 0 saturated carbocycles. The minimum absolute atomic E-state index is 0.186. The van der Waals surface area contributed by atoms with E-state index in [1.54, 1.807) is 0 Å². The first kappa shape index (κ1) is 20.4. The average Bonchev–Trinajstić information content (AvgIpc) is 3.25. The largest absolute Gasteiger partial charge is 0.494 e. The van der Waals surface area contributed by atoms with Crippen molar-refractivity contribution in [2.24, 2.45) is 5.92 Å². The number of fused-ring (bicyclic) bond motifs is 1. The van der Waals surface area contributed by atoms with Crippen molar-refractivity contribution in [3.63, 3.8) is 0 Å². The minimum atomic E-state index is -0.186. The Hall–Kier alpha value is -1.91. The van der Waals surface area contributed by atoms with Crippen LogP contribution in [0.4, 0.5) is 4.39 Å². The van der Waals surface area contributed by atoms with E-state index in [-0.39, 0.29) is 5.82 Å². The second-order valence-electron chi connectivity index (χ2n) is 8.55. The summed E-state index contributed by atoms with van der Waals surface area (Å²) in [6, 6.07) is 13.3. The van der Waals surface area contributed by atoms with E-state index in [9.17, 15) is 4.39 Å². The van der Waals surface area contributed by atoms with E-state index in [0.717, 1.165) is 36.7 Å². The molecule has 29 heavy (non-hydrogen) atoms. The van der Waals surface area contributed by atoms with Gasteiger partial charge >= 0.3 is 0 Å². The minimum Gasteiger partial charge on any atom is -0.494 e. The topological polar surface area (TPSA) is 24.5 Å². The van der Waals surface area contributed by atoms with Gasteiger partial charge in [0.05, 0.1) is 6.61 Å². The molecule has 0 bridgehead atoms. The van der Waals surface area contributed by atoms with E-state index in [1.807, 2.05) is 12.1 Å². The van der Waals surface area contributed by atoms with Crippen molar-refractivity contribution in [3.8, 4) is 5.75 Å². The summed E-state index contributed by atoms with van der Waals surface area (Å²) in [6.45, 7) is 6.25. The Morgan fingerprint density at radius 3 is 2.69 bits per heavy atom. The smallest absolute Gasteiger partial charge is 0.123 e. The van der Waals surface area contributed by atoms with Gasteiger partial charge in [0.25, 0.3) is 0 Å². The summed E-state index contributed by atoms with van der Waals surface area (Å²) in [4.78, 5) is 2.65. The molecule has 1 fully saturated rings. The van der Waals surface area contributed by atoms with E-state index in [4.69, 9.17) is 4.74 Å². The van der Waals surface area contributed by atoms with Crippen molar-refractivity contribution in [1.29, 1.82) is 0 Å². The lowest BCUT2D eigenvalue weighted by atomic mass is 9.83. The first-order valence-corrected chi connectivity index (χ1v) is 11.2. The van der Waals surface area contributed by atoms with Crippen LogP contribution in [0.15, 0.2) is 42.5 Å². The van der Waals surface area contributed by atoms with Gasteiger partial charge in [-0.05, 0) is 105 Å². The van der Waals surface area contributed by atoms with E-state index < -0.39 is 0 Å². The molecule has 1 aliphatic carbocycles. The van der Waals surface area contributed by atoms with Gasteiger partial charge in [-0.2, -0.15) is 0 Å². The van der Waals surface area contributed by atoms with Gasteiger partial charge in [-0.3, -0.25) is 0 Å². The molecule has 1 unspecified atom stereocenters. The van der Waals surface area contributed by atoms with Crippen molar-refractivity contribution < 1.29 is 9.13 Å². The molecule has 1 N–H and O–H groups in total. The lowest BCUT2D eigenvalue weighted by molar-refractivity contribution is 0.261. The summed E-state index contributed by atoms with van der Waals surface area (Å²) in [5, 5.41) is 3.39. The third-order valence-corrected chi connectivity index (χ3v) is 6.23. The van der Waals surface area contributed by atoms with Crippen LogP contribution in [-0.2, 0) is 19.4 Å². The van der Waals surface area contributed by atoms with Crippen LogP contribution in [0, 0.1) is 11.7 Å². The van der Waals surface area contributed by atoms with Crippen LogP contribution >= 0.6 is 0 Å². The van der Waals surface area contributed by atoms with Gasteiger partial charge in [-0.25, -0.2) is 4.39 Å². The van der Waals surface area contributed by atoms with Crippen LogP contribution in [-0.4, -0.2) is 37.7 Å². The highest BCUT2D eigenvalue weighted by atomic mass is 19.1. The zero-order valence-electron chi connectivity index (χ0n) is 17.3. The van der Waals surface area contributed by atoms with Gasteiger partial charge < -0.3 is 15.0 Å². The summed E-state index contributed by atoms with van der Waals surface area (Å²) in [5.41, 5.74) is 4.11. The maximum Gasteiger partial charge on any atom is 0.123 e. The second-order valence-corrected chi connectivity index (χ2v) is 8.55. The Bertz CT molecular complexity index is 771. The van der Waals surface area contributed by atoms with Gasteiger partial charge in [0.15, 0.2) is 0 Å². The molecule has 0 amide bonds. The number of nitrogens with zero attached hydrogens (tertiary/aromatic N) is 1. The molecule has 0 spiro atoms. The quantitative estimate of drug-likeness (QED) is 0.628. The van der Waals surface area contributed by atoms with Crippen LogP contribution < -0.4 is 10.1 Å². The molecule has 2 aliphatic rings. The molecule has 3 nitrogen and oxygen atoms in total. The highest BCUT2D eigenvalue weighted by molar-refractivity contribution is 5.37. The molecule has 4 heteroatoms. The summed E-state index contributed by atoms with van der Waals surface area (Å²) in [6.07, 6.45) is 7.43. The SMILES string of the molecule is Fc1ccc(CNCCCOc2ccc3c(c2)CCC(CN2CCCC2)C3)cc1. The van der Waals surface area contributed by atoms with E-state index in [2.05, 4.69) is 28.4 Å². The Balaban J connectivity index is 1.15. The summed E-state index contributed by atoms with van der Waals surface area (Å²) < 4.78 is 18.9. The van der Waals surface area contributed by atoms with Crippen molar-refractivity contribution >= 4 is 0 Å². The Labute approximate surface area is 174 Å². The average molecular weight is 397 g/mol. The third kappa shape index (κ3) is 6.03. The normalized spacial score (nSPS) is 19.3.